The summed E-state index contributed by atoms with van der Waals surface area (Å²) >= 11 is 1.27. The molecule has 2 heterocycles. The largest absolute Gasteiger partial charge is 0.343 e. The molecule has 2 aromatic heterocycles. The number of hydrogen-bond donors (Lipinski definition) is 0. The molecule has 0 saturated carbocycles. The molecule has 16 heavy (non-hydrogen) atoms. The van der Waals surface area contributed by atoms with Crippen LogP contribution in [0.4, 0.5) is 0 Å². The Balaban J connectivity index is 2.08. The van der Waals surface area contributed by atoms with Gasteiger partial charge in [-0.05, 0) is 18.5 Å². The van der Waals surface area contributed by atoms with Gasteiger partial charge in [0.05, 0.1) is 17.8 Å². The SMILES string of the molecule is Cc1nscc1C(=O)N(C)Cc1ncon1. The van der Waals surface area contributed by atoms with Gasteiger partial charge in [-0.2, -0.15) is 9.36 Å². The maximum atomic E-state index is 12.0. The average Bonchev–Trinajstić information content (AvgIpc) is 2.88. The molecule has 0 radical (unpaired) electrons. The molecule has 2 rings (SSSR count). The zero-order chi connectivity index (χ0) is 11.5. The van der Waals surface area contributed by atoms with Crippen LogP contribution in [0.1, 0.15) is 21.9 Å². The maximum Gasteiger partial charge on any atom is 0.256 e. The van der Waals surface area contributed by atoms with Crippen LogP contribution in [0, 0.1) is 6.92 Å². The normalized spacial score (nSPS) is 10.4. The average molecular weight is 238 g/mol. The summed E-state index contributed by atoms with van der Waals surface area (Å²) in [5.74, 6) is 0.396. The van der Waals surface area contributed by atoms with Gasteiger partial charge >= 0.3 is 0 Å². The first-order chi connectivity index (χ1) is 7.68. The number of carbonyl (C=O) groups excluding carboxylic acids is 1. The second-order valence-corrected chi connectivity index (χ2v) is 3.95. The minimum Gasteiger partial charge on any atom is -0.343 e. The monoisotopic (exact) mass is 238 g/mol. The van der Waals surface area contributed by atoms with E-state index in [4.69, 9.17) is 0 Å². The van der Waals surface area contributed by atoms with E-state index >= 15 is 0 Å². The molecular formula is C9H10N4O2S. The first-order valence-corrected chi connectivity index (χ1v) is 5.44. The molecule has 0 fully saturated rings. The lowest BCUT2D eigenvalue weighted by molar-refractivity contribution is 0.0780. The molecule has 0 aliphatic heterocycles. The van der Waals surface area contributed by atoms with E-state index in [-0.39, 0.29) is 5.91 Å². The Labute approximate surface area is 96.1 Å². The Morgan fingerprint density at radius 1 is 1.62 bits per heavy atom. The van der Waals surface area contributed by atoms with Crippen LogP contribution < -0.4 is 0 Å². The van der Waals surface area contributed by atoms with Gasteiger partial charge in [0.1, 0.15) is 0 Å². The minimum atomic E-state index is -0.0870. The van der Waals surface area contributed by atoms with E-state index in [0.29, 0.717) is 17.9 Å². The number of aryl methyl sites for hydroxylation is 1. The maximum absolute atomic E-state index is 12.0. The van der Waals surface area contributed by atoms with Gasteiger partial charge in [-0.15, -0.1) is 0 Å². The highest BCUT2D eigenvalue weighted by atomic mass is 32.1. The molecule has 0 unspecified atom stereocenters. The van der Waals surface area contributed by atoms with Crippen LogP contribution in [0.3, 0.4) is 0 Å². The number of amides is 1. The number of hydrogen-bond acceptors (Lipinski definition) is 6. The van der Waals surface area contributed by atoms with E-state index in [1.54, 1.807) is 12.4 Å². The molecule has 7 heteroatoms. The van der Waals surface area contributed by atoms with Crippen molar-refractivity contribution in [1.29, 1.82) is 0 Å². The fourth-order valence-electron chi connectivity index (χ4n) is 1.25. The standard InChI is InChI=1S/C9H10N4O2S/c1-6-7(4-16-12-6)9(14)13(2)3-8-10-5-15-11-8/h4-5H,3H2,1-2H3. The van der Waals surface area contributed by atoms with E-state index in [2.05, 4.69) is 19.0 Å². The third kappa shape index (κ3) is 2.08. The molecule has 6 nitrogen and oxygen atoms in total. The zero-order valence-electron chi connectivity index (χ0n) is 8.88. The predicted molar refractivity (Wildman–Crippen MR) is 56.9 cm³/mol. The van der Waals surface area contributed by atoms with E-state index in [9.17, 15) is 4.79 Å². The van der Waals surface area contributed by atoms with E-state index in [1.807, 2.05) is 6.92 Å². The van der Waals surface area contributed by atoms with Gasteiger partial charge < -0.3 is 9.42 Å². The number of carbonyl (C=O) groups is 1. The van der Waals surface area contributed by atoms with Crippen LogP contribution >= 0.6 is 11.5 Å². The van der Waals surface area contributed by atoms with E-state index < -0.39 is 0 Å². The molecule has 0 bridgehead atoms. The smallest absolute Gasteiger partial charge is 0.256 e. The van der Waals surface area contributed by atoms with E-state index in [0.717, 1.165) is 5.69 Å². The predicted octanol–water partition coefficient (Wildman–Crippen LogP) is 1.11. The summed E-state index contributed by atoms with van der Waals surface area (Å²) in [6.45, 7) is 2.14. The fraction of sp³-hybridized carbons (Fsp3) is 0.333. The Hall–Kier alpha value is -1.76. The summed E-state index contributed by atoms with van der Waals surface area (Å²) in [6, 6.07) is 0. The minimum absolute atomic E-state index is 0.0870. The van der Waals surface area contributed by atoms with Crippen molar-refractivity contribution in [2.45, 2.75) is 13.5 Å². The second kappa shape index (κ2) is 4.40. The number of rotatable bonds is 3. The van der Waals surface area contributed by atoms with Gasteiger partial charge in [0.15, 0.2) is 5.82 Å². The molecule has 0 spiro atoms. The summed E-state index contributed by atoms with van der Waals surface area (Å²) in [6.07, 6.45) is 1.24. The molecular weight excluding hydrogens is 228 g/mol. The van der Waals surface area contributed by atoms with Gasteiger partial charge in [-0.1, -0.05) is 5.16 Å². The summed E-state index contributed by atoms with van der Waals surface area (Å²) in [7, 11) is 1.69. The third-order valence-electron chi connectivity index (χ3n) is 2.11. The van der Waals surface area contributed by atoms with Crippen molar-refractivity contribution in [3.63, 3.8) is 0 Å². The molecule has 0 aliphatic rings. The van der Waals surface area contributed by atoms with Gasteiger partial charge in [-0.25, -0.2) is 0 Å². The lowest BCUT2D eigenvalue weighted by atomic mass is 10.2. The highest BCUT2D eigenvalue weighted by Crippen LogP contribution is 2.12. The molecule has 1 amide bonds. The lowest BCUT2D eigenvalue weighted by Crippen LogP contribution is -2.26. The first kappa shape index (κ1) is 10.7. The zero-order valence-corrected chi connectivity index (χ0v) is 9.69. The first-order valence-electron chi connectivity index (χ1n) is 4.60. The Bertz CT molecular complexity index is 479. The van der Waals surface area contributed by atoms with Crippen LogP contribution in [-0.4, -0.2) is 32.4 Å². The van der Waals surface area contributed by atoms with E-state index in [1.165, 1.54) is 22.8 Å². The summed E-state index contributed by atoms with van der Waals surface area (Å²) < 4.78 is 8.66. The van der Waals surface area contributed by atoms with Gasteiger partial charge in [0, 0.05) is 12.4 Å². The molecule has 0 N–H and O–H groups in total. The van der Waals surface area contributed by atoms with Gasteiger partial charge in [0.25, 0.3) is 5.91 Å². The van der Waals surface area contributed by atoms with Crippen LogP contribution in [0.2, 0.25) is 0 Å². The Morgan fingerprint density at radius 2 is 2.44 bits per heavy atom. The fourth-order valence-corrected chi connectivity index (χ4v) is 1.94. The van der Waals surface area contributed by atoms with Crippen molar-refractivity contribution in [3.8, 4) is 0 Å². The molecule has 0 aromatic carbocycles. The van der Waals surface area contributed by atoms with Crippen molar-refractivity contribution in [2.24, 2.45) is 0 Å². The van der Waals surface area contributed by atoms with Crippen molar-refractivity contribution < 1.29 is 9.32 Å². The number of nitrogens with zero attached hydrogens (tertiary/aromatic N) is 4. The molecule has 0 saturated heterocycles. The Kier molecular flexibility index (Phi) is 2.95. The van der Waals surface area contributed by atoms with Crippen LogP contribution in [0.5, 0.6) is 0 Å². The molecule has 0 aliphatic carbocycles. The van der Waals surface area contributed by atoms with Crippen LogP contribution in [0.25, 0.3) is 0 Å². The quantitative estimate of drug-likeness (QED) is 0.800. The molecule has 0 atom stereocenters. The van der Waals surface area contributed by atoms with Crippen molar-refractivity contribution in [3.05, 3.63) is 28.9 Å². The molecule has 84 valence electrons. The van der Waals surface area contributed by atoms with Crippen molar-refractivity contribution in [1.82, 2.24) is 19.4 Å². The highest BCUT2D eigenvalue weighted by molar-refractivity contribution is 7.03. The topological polar surface area (TPSA) is 72.1 Å². The molecule has 2 aromatic rings. The summed E-state index contributed by atoms with van der Waals surface area (Å²) in [5.41, 5.74) is 1.37. The second-order valence-electron chi connectivity index (χ2n) is 3.32. The van der Waals surface area contributed by atoms with Crippen LogP contribution in [-0.2, 0) is 6.54 Å². The lowest BCUT2D eigenvalue weighted by Gasteiger charge is -2.14. The number of aromatic nitrogens is 3. The Morgan fingerprint density at radius 3 is 3.00 bits per heavy atom. The van der Waals surface area contributed by atoms with Gasteiger partial charge in [-0.3, -0.25) is 4.79 Å². The van der Waals surface area contributed by atoms with Crippen LogP contribution in [0.15, 0.2) is 16.3 Å². The van der Waals surface area contributed by atoms with Gasteiger partial charge in [0.2, 0.25) is 6.39 Å². The summed E-state index contributed by atoms with van der Waals surface area (Å²) in [5, 5.41) is 5.39. The highest BCUT2D eigenvalue weighted by Gasteiger charge is 2.17. The third-order valence-corrected chi connectivity index (χ3v) is 2.83. The van der Waals surface area contributed by atoms with Crippen molar-refractivity contribution in [2.75, 3.05) is 7.05 Å². The van der Waals surface area contributed by atoms with Crippen molar-refractivity contribution >= 4 is 17.4 Å². The summed E-state index contributed by atoms with van der Waals surface area (Å²) in [4.78, 5) is 17.3.